The first-order chi connectivity index (χ1) is 31.5. The zero-order valence-corrected chi connectivity index (χ0v) is 41.5. The van der Waals surface area contributed by atoms with E-state index in [-0.39, 0.29) is 37.5 Å². The van der Waals surface area contributed by atoms with Gasteiger partial charge in [0.15, 0.2) is 6.10 Å². The lowest BCUT2D eigenvalue weighted by atomic mass is 10.0. The van der Waals surface area contributed by atoms with Gasteiger partial charge in [-0.05, 0) is 103 Å². The van der Waals surface area contributed by atoms with Crippen LogP contribution in [0.4, 0.5) is 0 Å². The van der Waals surface area contributed by atoms with Crippen molar-refractivity contribution >= 4 is 17.9 Å². The van der Waals surface area contributed by atoms with Gasteiger partial charge in [-0.3, -0.25) is 14.4 Å². The minimum absolute atomic E-state index is 0.104. The molecule has 0 bridgehead atoms. The van der Waals surface area contributed by atoms with E-state index in [0.717, 1.165) is 103 Å². The minimum Gasteiger partial charge on any atom is -0.462 e. The van der Waals surface area contributed by atoms with Crippen LogP contribution < -0.4 is 0 Å². The molecule has 6 heteroatoms. The molecule has 64 heavy (non-hydrogen) atoms. The molecule has 0 unspecified atom stereocenters. The summed E-state index contributed by atoms with van der Waals surface area (Å²) in [6, 6.07) is 0. The fraction of sp³-hybridized carbons (Fsp3) is 0.672. The predicted molar refractivity (Wildman–Crippen MR) is 274 cm³/mol. The largest absolute Gasteiger partial charge is 0.462 e. The molecule has 0 heterocycles. The topological polar surface area (TPSA) is 78.9 Å². The quantitative estimate of drug-likeness (QED) is 0.0262. The molecule has 0 aliphatic heterocycles. The number of allylic oxidation sites excluding steroid dienone is 16. The first-order valence-electron chi connectivity index (χ1n) is 26.2. The van der Waals surface area contributed by atoms with Gasteiger partial charge in [-0.1, -0.05) is 208 Å². The van der Waals surface area contributed by atoms with Gasteiger partial charge in [0.25, 0.3) is 0 Å². The second kappa shape index (κ2) is 52.0. The first kappa shape index (κ1) is 60.3. The monoisotopic (exact) mass is 889 g/mol. The molecule has 0 aromatic carbocycles. The second-order valence-electron chi connectivity index (χ2n) is 17.1. The lowest BCUT2D eigenvalue weighted by Crippen LogP contribution is -2.30. The Balaban J connectivity index is 4.50. The molecular formula is C58H96O6. The van der Waals surface area contributed by atoms with Crippen molar-refractivity contribution in [1.82, 2.24) is 0 Å². The Morgan fingerprint density at radius 2 is 0.609 bits per heavy atom. The number of rotatable bonds is 46. The summed E-state index contributed by atoms with van der Waals surface area (Å²) in [6.07, 6.45) is 68.2. The molecule has 0 fully saturated rings. The summed E-state index contributed by atoms with van der Waals surface area (Å²) in [5.74, 6) is -0.980. The standard InChI is InChI=1S/C58H96O6/c1-4-7-10-13-16-19-22-25-27-28-29-30-32-33-36-39-42-45-48-51-57(60)63-54-55(53-62-56(59)50-47-44-41-38-35-24-21-18-15-12-9-6-3)64-58(61)52-49-46-43-40-37-34-31-26-23-20-17-14-11-8-5-2/h8,11,16-17,19-20,25-27,29-31,33,36-37,40,55H,4-7,9-10,12-15,18,21-24,28,32,34-35,38-39,41-54H2,1-3H3/b11-8-,19-16-,20-17-,27-25-,30-29-,31-26-,36-33-,40-37-/t55-/m1/s1. The van der Waals surface area contributed by atoms with E-state index in [0.29, 0.717) is 19.3 Å². The van der Waals surface area contributed by atoms with Crippen LogP contribution >= 0.6 is 0 Å². The van der Waals surface area contributed by atoms with E-state index in [1.165, 1.54) is 83.5 Å². The van der Waals surface area contributed by atoms with Gasteiger partial charge < -0.3 is 14.2 Å². The van der Waals surface area contributed by atoms with Crippen molar-refractivity contribution in [2.45, 2.75) is 239 Å². The van der Waals surface area contributed by atoms with Crippen LogP contribution in [-0.2, 0) is 28.6 Å². The molecule has 6 nitrogen and oxygen atoms in total. The van der Waals surface area contributed by atoms with E-state index in [2.05, 4.69) is 118 Å². The summed E-state index contributed by atoms with van der Waals surface area (Å²) in [4.78, 5) is 38.0. The van der Waals surface area contributed by atoms with E-state index >= 15 is 0 Å². The molecule has 0 N–H and O–H groups in total. The average molecular weight is 889 g/mol. The van der Waals surface area contributed by atoms with Gasteiger partial charge in [0, 0.05) is 19.3 Å². The summed E-state index contributed by atoms with van der Waals surface area (Å²) >= 11 is 0. The van der Waals surface area contributed by atoms with Crippen LogP contribution in [0, 0.1) is 0 Å². The molecule has 0 aromatic heterocycles. The number of esters is 3. The number of unbranched alkanes of at least 4 members (excludes halogenated alkanes) is 19. The van der Waals surface area contributed by atoms with Crippen molar-refractivity contribution in [3.8, 4) is 0 Å². The van der Waals surface area contributed by atoms with E-state index in [1.54, 1.807) is 0 Å². The van der Waals surface area contributed by atoms with Gasteiger partial charge >= 0.3 is 17.9 Å². The Morgan fingerprint density at radius 3 is 1.02 bits per heavy atom. The maximum Gasteiger partial charge on any atom is 0.306 e. The van der Waals surface area contributed by atoms with Crippen molar-refractivity contribution < 1.29 is 28.6 Å². The Labute approximate surface area is 394 Å². The van der Waals surface area contributed by atoms with Crippen LogP contribution in [0.1, 0.15) is 233 Å². The van der Waals surface area contributed by atoms with Gasteiger partial charge in [-0.25, -0.2) is 0 Å². The number of hydrogen-bond acceptors (Lipinski definition) is 6. The van der Waals surface area contributed by atoms with E-state index in [9.17, 15) is 14.4 Å². The van der Waals surface area contributed by atoms with Gasteiger partial charge in [-0.15, -0.1) is 0 Å². The van der Waals surface area contributed by atoms with Crippen LogP contribution in [-0.4, -0.2) is 37.2 Å². The highest BCUT2D eigenvalue weighted by Crippen LogP contribution is 2.14. The van der Waals surface area contributed by atoms with Crippen molar-refractivity contribution in [2.24, 2.45) is 0 Å². The fourth-order valence-electron chi connectivity index (χ4n) is 6.89. The predicted octanol–water partition coefficient (Wildman–Crippen LogP) is 17.4. The van der Waals surface area contributed by atoms with E-state index < -0.39 is 6.10 Å². The summed E-state index contributed by atoms with van der Waals surface area (Å²) < 4.78 is 16.7. The van der Waals surface area contributed by atoms with Crippen LogP contribution in [0.3, 0.4) is 0 Å². The first-order valence-corrected chi connectivity index (χ1v) is 26.2. The maximum atomic E-state index is 12.8. The number of carbonyl (C=O) groups is 3. The Kier molecular flexibility index (Phi) is 49.0. The van der Waals surface area contributed by atoms with E-state index in [4.69, 9.17) is 14.2 Å². The molecule has 0 saturated carbocycles. The third kappa shape index (κ3) is 49.3. The fourth-order valence-corrected chi connectivity index (χ4v) is 6.89. The summed E-state index contributed by atoms with van der Waals surface area (Å²) in [6.45, 7) is 6.42. The van der Waals surface area contributed by atoms with Crippen molar-refractivity contribution in [1.29, 1.82) is 0 Å². The summed E-state index contributed by atoms with van der Waals surface area (Å²) in [5.41, 5.74) is 0. The zero-order valence-electron chi connectivity index (χ0n) is 41.5. The van der Waals surface area contributed by atoms with Crippen LogP contribution in [0.25, 0.3) is 0 Å². The summed E-state index contributed by atoms with van der Waals surface area (Å²) in [5, 5.41) is 0. The van der Waals surface area contributed by atoms with Gasteiger partial charge in [0.1, 0.15) is 13.2 Å². The lowest BCUT2D eigenvalue weighted by molar-refractivity contribution is -0.167. The molecule has 0 radical (unpaired) electrons. The molecule has 0 aliphatic rings. The smallest absolute Gasteiger partial charge is 0.306 e. The van der Waals surface area contributed by atoms with Crippen molar-refractivity contribution in [3.63, 3.8) is 0 Å². The minimum atomic E-state index is -0.811. The Morgan fingerprint density at radius 1 is 0.328 bits per heavy atom. The molecule has 0 aliphatic carbocycles. The lowest BCUT2D eigenvalue weighted by Gasteiger charge is -2.18. The normalized spacial score (nSPS) is 12.9. The molecule has 0 spiro atoms. The third-order valence-corrected chi connectivity index (χ3v) is 10.8. The van der Waals surface area contributed by atoms with Crippen molar-refractivity contribution in [2.75, 3.05) is 13.2 Å². The second-order valence-corrected chi connectivity index (χ2v) is 17.1. The van der Waals surface area contributed by atoms with Crippen LogP contribution in [0.15, 0.2) is 97.2 Å². The van der Waals surface area contributed by atoms with Gasteiger partial charge in [0.05, 0.1) is 0 Å². The van der Waals surface area contributed by atoms with E-state index in [1.807, 2.05) is 0 Å². The average Bonchev–Trinajstić information content (AvgIpc) is 3.29. The molecule has 1 atom stereocenters. The molecule has 364 valence electrons. The number of carbonyl (C=O) groups excluding carboxylic acids is 3. The highest BCUT2D eigenvalue weighted by atomic mass is 16.6. The highest BCUT2D eigenvalue weighted by Gasteiger charge is 2.19. The summed E-state index contributed by atoms with van der Waals surface area (Å²) in [7, 11) is 0. The SMILES string of the molecule is CC/C=C\C/C=C\C/C=C\C/C=C\CCCCC(=O)O[C@@H](COC(=O)CCCCC/C=C\C/C=C\C/C=C\C/C=C\CCCCC)COC(=O)CCCCCCCCCCCCCC. The molecule has 0 rings (SSSR count). The molecular weight excluding hydrogens is 793 g/mol. The van der Waals surface area contributed by atoms with Crippen LogP contribution in [0.5, 0.6) is 0 Å². The highest BCUT2D eigenvalue weighted by molar-refractivity contribution is 5.71. The molecule has 0 aromatic rings. The molecule has 0 amide bonds. The zero-order chi connectivity index (χ0) is 46.5. The van der Waals surface area contributed by atoms with Gasteiger partial charge in [-0.2, -0.15) is 0 Å². The maximum absolute atomic E-state index is 12.8. The van der Waals surface area contributed by atoms with Crippen molar-refractivity contribution in [3.05, 3.63) is 97.2 Å². The number of ether oxygens (including phenoxy) is 3. The van der Waals surface area contributed by atoms with Crippen LogP contribution in [0.2, 0.25) is 0 Å². The Bertz CT molecular complexity index is 1300. The third-order valence-electron chi connectivity index (χ3n) is 10.8. The number of hydrogen-bond donors (Lipinski definition) is 0. The Hall–Kier alpha value is -3.67. The van der Waals surface area contributed by atoms with Gasteiger partial charge in [0.2, 0.25) is 0 Å². The molecule has 0 saturated heterocycles.